The van der Waals surface area contributed by atoms with Crippen LogP contribution in [0.15, 0.2) is 24.3 Å². The minimum atomic E-state index is -0.00583. The Balaban J connectivity index is 2.28. The average Bonchev–Trinajstić information content (AvgIpc) is 2.33. The molecule has 1 aliphatic rings. The maximum absolute atomic E-state index is 11.9. The van der Waals surface area contributed by atoms with Crippen molar-refractivity contribution < 1.29 is 9.90 Å². The molecule has 1 heterocycles. The first-order valence-corrected chi connectivity index (χ1v) is 5.98. The van der Waals surface area contributed by atoms with Crippen LogP contribution in [-0.4, -0.2) is 35.7 Å². The summed E-state index contributed by atoms with van der Waals surface area (Å²) >= 11 is 0. The molecule has 4 nitrogen and oxygen atoms in total. The number of hydrazine groups is 1. The number of rotatable bonds is 3. The molecule has 0 aliphatic carbocycles. The SMILES string of the molecule is Cc1ccccc1N1CCCC(=O)N1CCO. The van der Waals surface area contributed by atoms with E-state index in [1.54, 1.807) is 5.01 Å². The summed E-state index contributed by atoms with van der Waals surface area (Å²) in [7, 11) is 0. The maximum Gasteiger partial charge on any atom is 0.241 e. The minimum Gasteiger partial charge on any atom is -0.394 e. The third kappa shape index (κ3) is 2.42. The standard InChI is InChI=1S/C13H18N2O2/c1-11-5-2-3-6-12(11)14-8-4-7-13(17)15(14)9-10-16/h2-3,5-6,16H,4,7-10H2,1H3. The number of β-amino-alcohol motifs (C(OH)–C–C–N with tert-alkyl or cyclic N) is 1. The molecule has 1 aromatic rings. The zero-order chi connectivity index (χ0) is 12.3. The molecule has 2 rings (SSSR count). The van der Waals surface area contributed by atoms with Gasteiger partial charge in [-0.1, -0.05) is 18.2 Å². The van der Waals surface area contributed by atoms with Crippen molar-refractivity contribution in [3.8, 4) is 0 Å². The van der Waals surface area contributed by atoms with E-state index in [0.717, 1.165) is 24.2 Å². The molecule has 1 saturated heterocycles. The van der Waals surface area contributed by atoms with E-state index in [2.05, 4.69) is 0 Å². The van der Waals surface area contributed by atoms with Gasteiger partial charge >= 0.3 is 0 Å². The van der Waals surface area contributed by atoms with Crippen molar-refractivity contribution in [3.63, 3.8) is 0 Å². The molecular formula is C13H18N2O2. The lowest BCUT2D eigenvalue weighted by molar-refractivity contribution is -0.134. The van der Waals surface area contributed by atoms with Crippen LogP contribution in [0.1, 0.15) is 18.4 Å². The van der Waals surface area contributed by atoms with Crippen LogP contribution in [0.2, 0.25) is 0 Å². The predicted octanol–water partition coefficient (Wildman–Crippen LogP) is 1.33. The highest BCUT2D eigenvalue weighted by Gasteiger charge is 2.26. The van der Waals surface area contributed by atoms with E-state index in [9.17, 15) is 4.79 Å². The summed E-state index contributed by atoms with van der Waals surface area (Å²) in [5.41, 5.74) is 2.19. The number of anilines is 1. The Bertz CT molecular complexity index is 406. The number of aliphatic hydroxyl groups excluding tert-OH is 1. The number of para-hydroxylation sites is 1. The van der Waals surface area contributed by atoms with Gasteiger partial charge in [0.2, 0.25) is 5.91 Å². The fourth-order valence-electron chi connectivity index (χ4n) is 2.21. The second kappa shape index (κ2) is 5.19. The molecule has 1 N–H and O–H groups in total. The van der Waals surface area contributed by atoms with Gasteiger partial charge in [-0.2, -0.15) is 0 Å². The van der Waals surface area contributed by atoms with E-state index in [0.29, 0.717) is 13.0 Å². The first-order valence-electron chi connectivity index (χ1n) is 5.98. The Kier molecular flexibility index (Phi) is 3.64. The number of aliphatic hydroxyl groups is 1. The van der Waals surface area contributed by atoms with Crippen LogP contribution in [0.3, 0.4) is 0 Å². The molecule has 0 saturated carbocycles. The number of benzene rings is 1. The molecule has 1 amide bonds. The molecule has 1 aliphatic heterocycles. The largest absolute Gasteiger partial charge is 0.394 e. The number of carbonyl (C=O) groups is 1. The highest BCUT2D eigenvalue weighted by Crippen LogP contribution is 2.24. The number of nitrogens with zero attached hydrogens (tertiary/aromatic N) is 2. The summed E-state index contributed by atoms with van der Waals surface area (Å²) in [6.07, 6.45) is 1.44. The Morgan fingerprint density at radius 1 is 1.35 bits per heavy atom. The second-order valence-electron chi connectivity index (χ2n) is 4.25. The maximum atomic E-state index is 11.9. The lowest BCUT2D eigenvalue weighted by Crippen LogP contribution is -2.52. The summed E-state index contributed by atoms with van der Waals surface area (Å²) in [4.78, 5) is 11.9. The molecule has 17 heavy (non-hydrogen) atoms. The summed E-state index contributed by atoms with van der Waals surface area (Å²) in [6, 6.07) is 8.00. The lowest BCUT2D eigenvalue weighted by Gasteiger charge is -2.40. The number of amides is 1. The van der Waals surface area contributed by atoms with Gasteiger partial charge in [-0.05, 0) is 25.0 Å². The van der Waals surface area contributed by atoms with Crippen LogP contribution in [0.4, 0.5) is 5.69 Å². The van der Waals surface area contributed by atoms with E-state index in [1.165, 1.54) is 0 Å². The zero-order valence-corrected chi connectivity index (χ0v) is 10.1. The number of hydrogen-bond donors (Lipinski definition) is 1. The minimum absolute atomic E-state index is 0.00583. The van der Waals surface area contributed by atoms with Crippen molar-refractivity contribution in [2.24, 2.45) is 0 Å². The van der Waals surface area contributed by atoms with Crippen LogP contribution in [0.25, 0.3) is 0 Å². The first kappa shape index (κ1) is 11.9. The van der Waals surface area contributed by atoms with Gasteiger partial charge < -0.3 is 5.11 Å². The van der Waals surface area contributed by atoms with Gasteiger partial charge in [0, 0.05) is 13.0 Å². The molecule has 92 valence electrons. The fourth-order valence-corrected chi connectivity index (χ4v) is 2.21. The van der Waals surface area contributed by atoms with E-state index in [4.69, 9.17) is 5.11 Å². The van der Waals surface area contributed by atoms with Crippen molar-refractivity contribution in [2.45, 2.75) is 19.8 Å². The van der Waals surface area contributed by atoms with Crippen LogP contribution in [0, 0.1) is 6.92 Å². The van der Waals surface area contributed by atoms with Crippen molar-refractivity contribution in [2.75, 3.05) is 24.7 Å². The normalized spacial score (nSPS) is 16.5. The first-order chi connectivity index (χ1) is 8.24. The van der Waals surface area contributed by atoms with Crippen LogP contribution in [-0.2, 0) is 4.79 Å². The molecule has 0 radical (unpaired) electrons. The van der Waals surface area contributed by atoms with Gasteiger partial charge in [0.15, 0.2) is 0 Å². The topological polar surface area (TPSA) is 43.8 Å². The molecule has 0 spiro atoms. The van der Waals surface area contributed by atoms with Gasteiger partial charge in [-0.3, -0.25) is 14.8 Å². The summed E-state index contributed by atoms with van der Waals surface area (Å²) in [6.45, 7) is 3.23. The fraction of sp³-hybridized carbons (Fsp3) is 0.462. The monoisotopic (exact) mass is 234 g/mol. The lowest BCUT2D eigenvalue weighted by atomic mass is 10.1. The van der Waals surface area contributed by atoms with Crippen LogP contribution >= 0.6 is 0 Å². The predicted molar refractivity (Wildman–Crippen MR) is 66.6 cm³/mol. The smallest absolute Gasteiger partial charge is 0.241 e. The van der Waals surface area contributed by atoms with Gasteiger partial charge in [0.05, 0.1) is 18.8 Å². The summed E-state index contributed by atoms with van der Waals surface area (Å²) < 4.78 is 0. The number of hydrogen-bond acceptors (Lipinski definition) is 3. The van der Waals surface area contributed by atoms with Crippen molar-refractivity contribution in [1.29, 1.82) is 0 Å². The van der Waals surface area contributed by atoms with Crippen LogP contribution in [0.5, 0.6) is 0 Å². The van der Waals surface area contributed by atoms with Gasteiger partial charge in [0.25, 0.3) is 0 Å². The van der Waals surface area contributed by atoms with Crippen LogP contribution < -0.4 is 5.01 Å². The molecule has 1 aromatic carbocycles. The Morgan fingerprint density at radius 3 is 2.82 bits per heavy atom. The Hall–Kier alpha value is -1.55. The van der Waals surface area contributed by atoms with Gasteiger partial charge in [-0.15, -0.1) is 0 Å². The molecular weight excluding hydrogens is 216 g/mol. The molecule has 0 bridgehead atoms. The Morgan fingerprint density at radius 2 is 2.12 bits per heavy atom. The highest BCUT2D eigenvalue weighted by atomic mass is 16.3. The number of carbonyl (C=O) groups excluding carboxylic acids is 1. The molecule has 0 atom stereocenters. The third-order valence-electron chi connectivity index (χ3n) is 3.05. The molecule has 1 fully saturated rings. The van der Waals surface area contributed by atoms with Crippen molar-refractivity contribution in [3.05, 3.63) is 29.8 Å². The molecule has 0 unspecified atom stereocenters. The van der Waals surface area contributed by atoms with Gasteiger partial charge in [-0.25, -0.2) is 0 Å². The van der Waals surface area contributed by atoms with E-state index >= 15 is 0 Å². The van der Waals surface area contributed by atoms with Crippen molar-refractivity contribution >= 4 is 11.6 Å². The zero-order valence-electron chi connectivity index (χ0n) is 10.1. The number of aryl methyl sites for hydroxylation is 1. The molecule has 4 heteroatoms. The third-order valence-corrected chi connectivity index (χ3v) is 3.05. The van der Waals surface area contributed by atoms with E-state index in [-0.39, 0.29) is 12.5 Å². The average molecular weight is 234 g/mol. The Labute approximate surface area is 101 Å². The summed E-state index contributed by atoms with van der Waals surface area (Å²) in [5, 5.41) is 12.7. The van der Waals surface area contributed by atoms with Crippen molar-refractivity contribution in [1.82, 2.24) is 5.01 Å². The van der Waals surface area contributed by atoms with Gasteiger partial charge in [0.1, 0.15) is 0 Å². The second-order valence-corrected chi connectivity index (χ2v) is 4.25. The molecule has 0 aromatic heterocycles. The van der Waals surface area contributed by atoms with E-state index < -0.39 is 0 Å². The quantitative estimate of drug-likeness (QED) is 0.858. The summed E-state index contributed by atoms with van der Waals surface area (Å²) in [5.74, 6) is 0.0913. The highest BCUT2D eigenvalue weighted by molar-refractivity contribution is 5.79. The van der Waals surface area contributed by atoms with E-state index in [1.807, 2.05) is 36.2 Å².